The number of aromatic nitrogens is 11. The van der Waals surface area contributed by atoms with Crippen molar-refractivity contribution in [2.24, 2.45) is 5.41 Å². The number of pyridine rings is 5. The fourth-order valence-corrected chi connectivity index (χ4v) is 18.7. The first-order valence-electron chi connectivity index (χ1n) is 45.4. The summed E-state index contributed by atoms with van der Waals surface area (Å²) in [5.74, 6) is 2.80. The van der Waals surface area contributed by atoms with Crippen LogP contribution in [0.2, 0.25) is 15.1 Å². The largest absolute Gasteiger partial charge is 0.476 e. The number of halogens is 15. The Morgan fingerprint density at radius 3 is 1.29 bits per heavy atom. The Kier molecular flexibility index (Phi) is 29.7. The van der Waals surface area contributed by atoms with Crippen LogP contribution in [-0.4, -0.2) is 240 Å². The molecular weight excluding hydrogens is 1980 g/mol. The molecule has 17 heterocycles. The molecule has 8 N–H and O–H groups in total. The minimum absolute atomic E-state index is 0.0316. The summed E-state index contributed by atoms with van der Waals surface area (Å²) in [6.07, 6.45) is -7.00. The highest BCUT2D eigenvalue weighted by Crippen LogP contribution is 2.50. The summed E-state index contributed by atoms with van der Waals surface area (Å²) in [6.45, 7) is 8.71. The first kappa shape index (κ1) is 101. The van der Waals surface area contributed by atoms with Gasteiger partial charge in [-0.25, -0.2) is 54.1 Å². The highest BCUT2D eigenvalue weighted by Gasteiger charge is 2.50. The number of hydrogen-bond donors (Lipinski definition) is 8. The Morgan fingerprint density at radius 2 is 0.875 bits per heavy atom. The van der Waals surface area contributed by atoms with Crippen molar-refractivity contribution in [1.82, 2.24) is 54.8 Å². The Morgan fingerprint density at radius 1 is 0.444 bits per heavy atom. The zero-order valence-corrected chi connectivity index (χ0v) is 78.6. The molecule has 35 nitrogen and oxygen atoms in total. The van der Waals surface area contributed by atoms with Gasteiger partial charge < -0.3 is 59.1 Å². The number of aliphatic hydroxyl groups excluding tert-OH is 4. The van der Waals surface area contributed by atoms with E-state index in [0.717, 1.165) is 55.1 Å². The molecule has 5 saturated heterocycles. The molecule has 8 amide bonds. The second-order valence-electron chi connectivity index (χ2n) is 35.5. The van der Waals surface area contributed by atoms with Crippen LogP contribution in [0.1, 0.15) is 75.5 Å². The summed E-state index contributed by atoms with van der Waals surface area (Å²) in [4.78, 5) is 116. The number of rotatable bonds is 20. The number of amides is 8. The van der Waals surface area contributed by atoms with E-state index in [2.05, 4.69) is 85.9 Å². The van der Waals surface area contributed by atoms with Crippen LogP contribution >= 0.6 is 34.8 Å². The van der Waals surface area contributed by atoms with Crippen molar-refractivity contribution in [2.45, 2.75) is 120 Å². The molecule has 20 rings (SSSR count). The highest BCUT2D eigenvalue weighted by molar-refractivity contribution is 6.34. The van der Waals surface area contributed by atoms with Gasteiger partial charge in [-0.05, 0) is 117 Å². The normalized spacial score (nSPS) is 18.1. The number of aliphatic hydroxyl groups is 4. The van der Waals surface area contributed by atoms with E-state index in [1.54, 1.807) is 59.6 Å². The number of fused-ring (bicyclic) bond motifs is 16. The lowest BCUT2D eigenvalue weighted by Crippen LogP contribution is -2.49. The summed E-state index contributed by atoms with van der Waals surface area (Å²) in [5.41, 5.74) is 0.596. The number of urea groups is 4. The van der Waals surface area contributed by atoms with Crippen molar-refractivity contribution in [2.75, 3.05) is 164 Å². The lowest BCUT2D eigenvalue weighted by atomic mass is 9.97. The van der Waals surface area contributed by atoms with Crippen LogP contribution in [-0.2, 0) is 18.5 Å². The molecule has 5 fully saturated rings. The first-order valence-corrected chi connectivity index (χ1v) is 46.5. The summed E-state index contributed by atoms with van der Waals surface area (Å²) < 4.78 is 177. The van der Waals surface area contributed by atoms with Gasteiger partial charge in [0.05, 0.1) is 147 Å². The molecule has 8 aromatic heterocycles. The number of alkyl halides is 12. The van der Waals surface area contributed by atoms with E-state index >= 15 is 0 Å². The molecule has 9 aliphatic heterocycles. The fraction of sp³-hybridized carbons (Fsp3) is 0.372. The lowest BCUT2D eigenvalue weighted by molar-refractivity contribution is -0.146. The first-order chi connectivity index (χ1) is 68.7. The Hall–Kier alpha value is -14.0. The van der Waals surface area contributed by atoms with Crippen LogP contribution < -0.4 is 79.6 Å². The van der Waals surface area contributed by atoms with Crippen molar-refractivity contribution in [3.05, 3.63) is 196 Å². The third-order valence-electron chi connectivity index (χ3n) is 24.9. The lowest BCUT2D eigenvalue weighted by Gasteiger charge is -2.37. The number of ether oxygens (including phenoxy) is 3. The summed E-state index contributed by atoms with van der Waals surface area (Å²) >= 11 is 19.5. The molecule has 758 valence electrons. The van der Waals surface area contributed by atoms with Crippen molar-refractivity contribution in [3.63, 3.8) is 0 Å². The Labute approximate surface area is 828 Å². The number of nitrogens with zero attached hydrogens (tertiary/aromatic N) is 20. The van der Waals surface area contributed by atoms with Gasteiger partial charge in [0.1, 0.15) is 42.5 Å². The second-order valence-corrected chi connectivity index (χ2v) is 36.7. The van der Waals surface area contributed by atoms with Gasteiger partial charge in [0.2, 0.25) is 17.6 Å². The summed E-state index contributed by atoms with van der Waals surface area (Å²) in [7, 11) is 0. The predicted molar refractivity (Wildman–Crippen MR) is 511 cm³/mol. The average Bonchev–Trinajstić information content (AvgIpc) is 1.56. The fourth-order valence-electron chi connectivity index (χ4n) is 17.9. The molecule has 6 atom stereocenters. The number of anilines is 13. The SMILES string of the molecule is CC(C)(CO)COc1cncc(NC(=O)N2c3nc(-c4cccc(C(F)(F)F)c4)c(Cl)cc3N3CC[C@H]2C3)n1.O=C(Nc1cc(OC[C@@H](O)CO)ncn1)N1c2nc(-c3cccc(C(F)(F)F)c3)c(Cl)cc2N2CC[C@H]1C2.O=C(Nc1ccccn1)N1c2nc(N3CCC[C@@H]3C(F)(F)F)ccc2N2CC[C@H]1C2.O=C(Nc1cncc(OCCCO)n1)N1c2nc(-c3cccc(C(F)(F)F)c3)c(Cl)cc2N2CC[C@H]1C2. The molecule has 0 saturated carbocycles. The Balaban J connectivity index is 0.000000132. The van der Waals surface area contributed by atoms with Gasteiger partial charge in [-0.1, -0.05) is 91.1 Å². The zero-order valence-electron chi connectivity index (χ0n) is 76.4. The highest BCUT2D eigenvalue weighted by atomic mass is 35.5. The molecule has 3 aromatic carbocycles. The van der Waals surface area contributed by atoms with Crippen LogP contribution in [0.3, 0.4) is 0 Å². The summed E-state index contributed by atoms with van der Waals surface area (Å²) in [5, 5.41) is 48.2. The molecular formula is C94H91Cl3F12N24O11. The van der Waals surface area contributed by atoms with Gasteiger partial charge in [0.15, 0.2) is 34.9 Å². The molecule has 0 radical (unpaired) electrons. The molecule has 9 aliphatic rings. The van der Waals surface area contributed by atoms with Crippen LogP contribution in [0.15, 0.2) is 165 Å². The van der Waals surface area contributed by atoms with E-state index in [9.17, 15) is 82.1 Å². The third-order valence-corrected chi connectivity index (χ3v) is 25.8. The van der Waals surface area contributed by atoms with Crippen molar-refractivity contribution in [3.8, 4) is 51.4 Å². The smallest absolute Gasteiger partial charge is 0.416 e. The quantitative estimate of drug-likeness (QED) is 0.0259. The van der Waals surface area contributed by atoms with E-state index in [4.69, 9.17) is 59.2 Å². The Bertz CT molecular complexity index is 6580. The minimum Gasteiger partial charge on any atom is -0.476 e. The zero-order chi connectivity index (χ0) is 102. The predicted octanol–water partition coefficient (Wildman–Crippen LogP) is 17.1. The van der Waals surface area contributed by atoms with Gasteiger partial charge in [-0.15, -0.1) is 0 Å². The van der Waals surface area contributed by atoms with E-state index in [0.29, 0.717) is 125 Å². The topological polar surface area (TPSA) is 396 Å². The minimum atomic E-state index is -4.54. The third kappa shape index (κ3) is 22.6. The second kappa shape index (κ2) is 42.1. The van der Waals surface area contributed by atoms with Gasteiger partial charge in [-0.2, -0.15) is 62.7 Å². The number of carbonyl (C=O) groups excluding carboxylic acids is 4. The molecule has 11 aromatic rings. The molecule has 50 heteroatoms. The van der Waals surface area contributed by atoms with Crippen molar-refractivity contribution in [1.29, 1.82) is 0 Å². The number of benzene rings is 3. The maximum atomic E-state index is 13.5. The van der Waals surface area contributed by atoms with Crippen molar-refractivity contribution < 1.29 is 106 Å². The average molecular weight is 2070 g/mol. The van der Waals surface area contributed by atoms with E-state index in [1.165, 1.54) is 93.2 Å². The molecule has 0 unspecified atom stereocenters. The van der Waals surface area contributed by atoms with Gasteiger partial charge >= 0.3 is 48.8 Å². The van der Waals surface area contributed by atoms with Gasteiger partial charge in [-0.3, -0.25) is 50.8 Å². The number of nitrogens with one attached hydrogen (secondary N) is 4. The maximum absolute atomic E-state index is 13.5. The van der Waals surface area contributed by atoms with E-state index < -0.39 is 83.7 Å². The van der Waals surface area contributed by atoms with Gasteiger partial charge in [0.25, 0.3) is 0 Å². The van der Waals surface area contributed by atoms with Gasteiger partial charge in [0, 0.05) is 106 Å². The molecule has 8 bridgehead atoms. The monoisotopic (exact) mass is 2060 g/mol. The van der Waals surface area contributed by atoms with E-state index in [1.807, 2.05) is 23.6 Å². The van der Waals surface area contributed by atoms with Crippen LogP contribution in [0, 0.1) is 5.41 Å². The maximum Gasteiger partial charge on any atom is 0.416 e. The molecule has 0 aliphatic carbocycles. The van der Waals surface area contributed by atoms with Crippen LogP contribution in [0.5, 0.6) is 17.6 Å². The summed E-state index contributed by atoms with van der Waals surface area (Å²) in [6, 6.07) is 24.8. The molecule has 144 heavy (non-hydrogen) atoms. The van der Waals surface area contributed by atoms with E-state index in [-0.39, 0.29) is 165 Å². The number of hydrogen-bond acceptors (Lipinski definition) is 27. The number of carbonyl (C=O) groups is 4. The van der Waals surface area contributed by atoms with Crippen LogP contribution in [0.25, 0.3) is 33.8 Å². The van der Waals surface area contributed by atoms with Crippen molar-refractivity contribution >= 4 is 134 Å². The van der Waals surface area contributed by atoms with Crippen LogP contribution in [0.4, 0.5) is 147 Å². The molecule has 0 spiro atoms. The standard InChI is InChI=1S/C26H26ClF3N6O3.C24H22ClF3N6O4.C24H22ClF3N6O3.C20H21F3N6O/c1-25(2,13-37)14-39-21-11-31-10-20(32-21)33-24(38)36-17-6-7-35(12-17)19-9-18(27)22(34-23(19)36)15-4-3-5-16(8-15)26(28,29)30;25-17-7-18-22(32-21(17)13-2-1-3-14(6-13)24(26,27)28)34(15-4-5-33(18)9-15)23(37)31-19-8-20(30-12-29-19)38-11-16(36)10-35;25-17-10-18-22(32-21(17)14-3-1-4-15(9-14)24(26,27)28)34(16-5-6-33(18)13-16)23(36)31-19-11-29-12-20(30-19)37-8-2-7-35;21-20(22,23)15-4-3-10-28(15)17-7-6-14-18(26-17)29(13-8-11-27(14)12-13)19(30)25-16-5-1-2-9-24-16/h3-5,8-11,17,37H,6-7,12-14H2,1-2H3,(H,32,33,38);1-3,6-8,12,15-16,35-36H,4-5,9-11H2,(H,29,30,31,37);1,3-4,9-12,16,35H,2,5-8,13H2,(H,30,31,36);1-2,5-7,9,13,15H,3-4,8,10-12H2,(H,24,25,30)/t17-;15-,16-;16-;13-,15+/m0000/s1.